The Morgan fingerprint density at radius 2 is 1.57 bits per heavy atom. The van der Waals surface area contributed by atoms with Crippen molar-refractivity contribution in [2.24, 2.45) is 0 Å². The molecule has 0 saturated heterocycles. The second-order valence-electron chi connectivity index (χ2n) is 6.17. The molecule has 0 atom stereocenters. The SMILES string of the molecule is COc1ccc(C(=O)C=Cc2ccccc2OC(=O)c2ccccc2Cl)c(OC)c1. The van der Waals surface area contributed by atoms with Crippen LogP contribution in [0.1, 0.15) is 26.3 Å². The van der Waals surface area contributed by atoms with Crippen molar-refractivity contribution in [2.45, 2.75) is 0 Å². The van der Waals surface area contributed by atoms with E-state index in [1.165, 1.54) is 20.3 Å². The first kappa shape index (κ1) is 21.1. The average Bonchev–Trinajstić information content (AvgIpc) is 2.78. The highest BCUT2D eigenvalue weighted by molar-refractivity contribution is 6.33. The van der Waals surface area contributed by atoms with Crippen molar-refractivity contribution in [3.05, 3.63) is 94.5 Å². The first-order chi connectivity index (χ1) is 14.5. The van der Waals surface area contributed by atoms with Gasteiger partial charge in [-0.1, -0.05) is 41.9 Å². The molecule has 3 aromatic carbocycles. The summed E-state index contributed by atoms with van der Waals surface area (Å²) in [6.07, 6.45) is 2.98. The van der Waals surface area contributed by atoms with Gasteiger partial charge in [-0.3, -0.25) is 4.79 Å². The zero-order chi connectivity index (χ0) is 21.5. The number of carbonyl (C=O) groups excluding carboxylic acids is 2. The van der Waals surface area contributed by atoms with Crippen LogP contribution in [0.3, 0.4) is 0 Å². The van der Waals surface area contributed by atoms with E-state index >= 15 is 0 Å². The van der Waals surface area contributed by atoms with Gasteiger partial charge in [0.15, 0.2) is 5.78 Å². The van der Waals surface area contributed by atoms with Crippen molar-refractivity contribution in [1.29, 1.82) is 0 Å². The maximum atomic E-state index is 12.7. The van der Waals surface area contributed by atoms with Crippen LogP contribution in [0.4, 0.5) is 0 Å². The van der Waals surface area contributed by atoms with Gasteiger partial charge in [0.25, 0.3) is 0 Å². The largest absolute Gasteiger partial charge is 0.497 e. The summed E-state index contributed by atoms with van der Waals surface area (Å²) in [5.74, 6) is 0.464. The van der Waals surface area contributed by atoms with Crippen LogP contribution in [-0.2, 0) is 0 Å². The van der Waals surface area contributed by atoms with Crippen LogP contribution in [0.2, 0.25) is 5.02 Å². The second-order valence-corrected chi connectivity index (χ2v) is 6.58. The molecule has 30 heavy (non-hydrogen) atoms. The van der Waals surface area contributed by atoms with E-state index in [-0.39, 0.29) is 11.3 Å². The molecule has 3 aromatic rings. The van der Waals surface area contributed by atoms with E-state index in [9.17, 15) is 9.59 Å². The molecule has 6 heteroatoms. The number of esters is 1. The quantitative estimate of drug-likeness (QED) is 0.218. The number of allylic oxidation sites excluding steroid dienone is 1. The fraction of sp³-hybridized carbons (Fsp3) is 0.0833. The van der Waals surface area contributed by atoms with Gasteiger partial charge in [-0.05, 0) is 42.5 Å². The van der Waals surface area contributed by atoms with Crippen molar-refractivity contribution < 1.29 is 23.8 Å². The second kappa shape index (κ2) is 9.76. The lowest BCUT2D eigenvalue weighted by atomic mass is 10.1. The minimum absolute atomic E-state index is 0.261. The van der Waals surface area contributed by atoms with Crippen LogP contribution in [0.15, 0.2) is 72.8 Å². The summed E-state index contributed by atoms with van der Waals surface area (Å²) in [4.78, 5) is 25.1. The minimum atomic E-state index is -0.579. The van der Waals surface area contributed by atoms with Crippen LogP contribution in [0, 0.1) is 0 Å². The Bertz CT molecular complexity index is 1100. The number of rotatable bonds is 7. The van der Waals surface area contributed by atoms with Crippen molar-refractivity contribution in [1.82, 2.24) is 0 Å². The highest BCUT2D eigenvalue weighted by Gasteiger charge is 2.14. The van der Waals surface area contributed by atoms with Crippen LogP contribution in [-0.4, -0.2) is 26.0 Å². The molecule has 0 amide bonds. The zero-order valence-corrected chi connectivity index (χ0v) is 17.2. The number of methoxy groups -OCH3 is 2. The zero-order valence-electron chi connectivity index (χ0n) is 16.4. The molecule has 0 aliphatic heterocycles. The van der Waals surface area contributed by atoms with E-state index in [1.807, 2.05) is 0 Å². The normalized spacial score (nSPS) is 10.6. The Morgan fingerprint density at radius 1 is 0.833 bits per heavy atom. The summed E-state index contributed by atoms with van der Waals surface area (Å²) in [6, 6.07) is 18.5. The third-order valence-corrected chi connectivity index (χ3v) is 4.63. The van der Waals surface area contributed by atoms with Gasteiger partial charge in [0.2, 0.25) is 0 Å². The molecule has 0 aliphatic carbocycles. The van der Waals surface area contributed by atoms with Crippen molar-refractivity contribution >= 4 is 29.4 Å². The molecular formula is C24H19ClO5. The number of ether oxygens (including phenoxy) is 3. The van der Waals surface area contributed by atoms with Crippen LogP contribution in [0.25, 0.3) is 6.08 Å². The van der Waals surface area contributed by atoms with Crippen LogP contribution < -0.4 is 14.2 Å². The first-order valence-electron chi connectivity index (χ1n) is 9.03. The number of hydrogen-bond acceptors (Lipinski definition) is 5. The Labute approximate surface area is 179 Å². The van der Waals surface area contributed by atoms with Gasteiger partial charge in [0.1, 0.15) is 17.2 Å². The Hall–Kier alpha value is -3.57. The van der Waals surface area contributed by atoms with Crippen LogP contribution in [0.5, 0.6) is 17.2 Å². The Morgan fingerprint density at radius 3 is 2.30 bits per heavy atom. The molecule has 0 N–H and O–H groups in total. The molecule has 0 unspecified atom stereocenters. The van der Waals surface area contributed by atoms with Gasteiger partial charge in [-0.25, -0.2) is 4.79 Å². The third kappa shape index (κ3) is 4.88. The van der Waals surface area contributed by atoms with Crippen molar-refractivity contribution in [3.8, 4) is 17.2 Å². The van der Waals surface area contributed by atoms with E-state index in [4.69, 9.17) is 25.8 Å². The summed E-state index contributed by atoms with van der Waals surface area (Å²) < 4.78 is 15.9. The predicted octanol–water partition coefficient (Wildman–Crippen LogP) is 5.47. The van der Waals surface area contributed by atoms with Gasteiger partial charge in [0, 0.05) is 11.6 Å². The Balaban J connectivity index is 1.83. The van der Waals surface area contributed by atoms with Gasteiger partial charge in [-0.15, -0.1) is 0 Å². The van der Waals surface area contributed by atoms with Gasteiger partial charge < -0.3 is 14.2 Å². The fourth-order valence-corrected chi connectivity index (χ4v) is 2.96. The lowest BCUT2D eigenvalue weighted by Crippen LogP contribution is -2.09. The predicted molar refractivity (Wildman–Crippen MR) is 116 cm³/mol. The number of halogens is 1. The number of para-hydroxylation sites is 1. The molecule has 0 aromatic heterocycles. The maximum Gasteiger partial charge on any atom is 0.345 e. The molecule has 0 saturated carbocycles. The maximum absolute atomic E-state index is 12.7. The first-order valence-corrected chi connectivity index (χ1v) is 9.41. The van der Waals surface area contributed by atoms with Gasteiger partial charge >= 0.3 is 5.97 Å². The van der Waals surface area contributed by atoms with E-state index in [1.54, 1.807) is 72.8 Å². The fourth-order valence-electron chi connectivity index (χ4n) is 2.75. The van der Waals surface area contributed by atoms with E-state index < -0.39 is 5.97 Å². The smallest absolute Gasteiger partial charge is 0.345 e. The summed E-state index contributed by atoms with van der Waals surface area (Å²) in [5.41, 5.74) is 1.22. The molecular weight excluding hydrogens is 404 g/mol. The summed E-state index contributed by atoms with van der Waals surface area (Å²) in [5, 5.41) is 0.303. The molecule has 0 bridgehead atoms. The van der Waals surface area contributed by atoms with E-state index in [2.05, 4.69) is 0 Å². The molecule has 5 nitrogen and oxygen atoms in total. The van der Waals surface area contributed by atoms with Crippen molar-refractivity contribution in [3.63, 3.8) is 0 Å². The molecule has 0 radical (unpaired) electrons. The Kier molecular flexibility index (Phi) is 6.88. The molecule has 152 valence electrons. The molecule has 0 fully saturated rings. The summed E-state index contributed by atoms with van der Waals surface area (Å²) in [6.45, 7) is 0. The lowest BCUT2D eigenvalue weighted by molar-refractivity contribution is 0.0734. The third-order valence-electron chi connectivity index (χ3n) is 4.30. The summed E-state index contributed by atoms with van der Waals surface area (Å²) in [7, 11) is 3.02. The number of carbonyl (C=O) groups is 2. The topological polar surface area (TPSA) is 61.8 Å². The van der Waals surface area contributed by atoms with E-state index in [0.29, 0.717) is 33.4 Å². The molecule has 3 rings (SSSR count). The van der Waals surface area contributed by atoms with Crippen LogP contribution >= 0.6 is 11.6 Å². The number of hydrogen-bond donors (Lipinski definition) is 0. The van der Waals surface area contributed by atoms with Gasteiger partial charge in [-0.2, -0.15) is 0 Å². The number of ketones is 1. The average molecular weight is 423 g/mol. The van der Waals surface area contributed by atoms with Gasteiger partial charge in [0.05, 0.1) is 30.4 Å². The summed E-state index contributed by atoms with van der Waals surface area (Å²) >= 11 is 6.07. The highest BCUT2D eigenvalue weighted by atomic mass is 35.5. The minimum Gasteiger partial charge on any atom is -0.497 e. The molecule has 0 heterocycles. The number of benzene rings is 3. The standard InChI is InChI=1S/C24H19ClO5/c1-28-17-12-13-19(23(15-17)29-2)21(26)14-11-16-7-3-6-10-22(16)30-24(27)18-8-4-5-9-20(18)25/h3-15H,1-2H3. The monoisotopic (exact) mass is 422 g/mol. The van der Waals surface area contributed by atoms with E-state index in [0.717, 1.165) is 0 Å². The lowest BCUT2D eigenvalue weighted by Gasteiger charge is -2.09. The molecule has 0 aliphatic rings. The molecule has 0 spiro atoms. The van der Waals surface area contributed by atoms with Crippen molar-refractivity contribution in [2.75, 3.05) is 14.2 Å². The highest BCUT2D eigenvalue weighted by Crippen LogP contribution is 2.27.